The van der Waals surface area contributed by atoms with Crippen molar-refractivity contribution in [3.63, 3.8) is 0 Å². The molecule has 132 valence electrons. The molecule has 2 N–H and O–H groups in total. The molecule has 0 aliphatic rings. The van der Waals surface area contributed by atoms with Gasteiger partial charge in [0.1, 0.15) is 5.01 Å². The maximum atomic E-state index is 12.4. The molecule has 0 saturated heterocycles. The van der Waals surface area contributed by atoms with Gasteiger partial charge >= 0.3 is 0 Å². The first kappa shape index (κ1) is 17.8. The van der Waals surface area contributed by atoms with Crippen LogP contribution in [0.4, 0.5) is 10.8 Å². The summed E-state index contributed by atoms with van der Waals surface area (Å²) in [6.45, 7) is 1.77. The molecule has 0 fully saturated rings. The Labute approximate surface area is 155 Å². The number of hydrogen-bond acceptors (Lipinski definition) is 5. The summed E-state index contributed by atoms with van der Waals surface area (Å²) in [6.07, 6.45) is 1.05. The van der Waals surface area contributed by atoms with E-state index in [4.69, 9.17) is 0 Å². The Balaban J connectivity index is 1.65. The Morgan fingerprint density at radius 2 is 1.81 bits per heavy atom. The SMILES string of the molecule is CCC(=O)Nc1cccc(C(=O)Nc2nnc(Cc3ccccc3)s2)c1. The summed E-state index contributed by atoms with van der Waals surface area (Å²) in [5.74, 6) is -0.391. The van der Waals surface area contributed by atoms with Crippen molar-refractivity contribution in [3.05, 3.63) is 70.7 Å². The summed E-state index contributed by atoms with van der Waals surface area (Å²) in [4.78, 5) is 23.9. The third-order valence-corrected chi connectivity index (χ3v) is 4.45. The van der Waals surface area contributed by atoms with Crippen molar-refractivity contribution in [2.24, 2.45) is 0 Å². The van der Waals surface area contributed by atoms with Crippen molar-refractivity contribution >= 4 is 34.0 Å². The van der Waals surface area contributed by atoms with Crippen molar-refractivity contribution < 1.29 is 9.59 Å². The van der Waals surface area contributed by atoms with Gasteiger partial charge in [0, 0.05) is 24.1 Å². The lowest BCUT2D eigenvalue weighted by Gasteiger charge is -2.06. The van der Waals surface area contributed by atoms with Gasteiger partial charge < -0.3 is 5.32 Å². The lowest BCUT2D eigenvalue weighted by Crippen LogP contribution is -2.13. The van der Waals surface area contributed by atoms with E-state index in [0.717, 1.165) is 10.6 Å². The second kappa shape index (κ2) is 8.35. The first-order valence-corrected chi connectivity index (χ1v) is 9.03. The molecular weight excluding hydrogens is 348 g/mol. The first-order valence-electron chi connectivity index (χ1n) is 8.21. The van der Waals surface area contributed by atoms with E-state index in [9.17, 15) is 9.59 Å². The summed E-state index contributed by atoms with van der Waals surface area (Å²) < 4.78 is 0. The minimum atomic E-state index is -0.292. The van der Waals surface area contributed by atoms with Crippen LogP contribution in [0, 0.1) is 0 Å². The fourth-order valence-corrected chi connectivity index (χ4v) is 3.07. The zero-order valence-electron chi connectivity index (χ0n) is 14.2. The highest BCUT2D eigenvalue weighted by molar-refractivity contribution is 7.15. The molecule has 0 spiro atoms. The van der Waals surface area contributed by atoms with Crippen LogP contribution in [0.3, 0.4) is 0 Å². The van der Waals surface area contributed by atoms with E-state index in [0.29, 0.717) is 29.2 Å². The predicted molar refractivity (Wildman–Crippen MR) is 102 cm³/mol. The van der Waals surface area contributed by atoms with Crippen LogP contribution >= 0.6 is 11.3 Å². The minimum Gasteiger partial charge on any atom is -0.326 e. The lowest BCUT2D eigenvalue weighted by molar-refractivity contribution is -0.115. The number of nitrogens with one attached hydrogen (secondary N) is 2. The average molecular weight is 366 g/mol. The van der Waals surface area contributed by atoms with E-state index in [1.54, 1.807) is 31.2 Å². The summed E-state index contributed by atoms with van der Waals surface area (Å²) in [5.41, 5.74) is 2.17. The average Bonchev–Trinajstić information content (AvgIpc) is 3.09. The third-order valence-electron chi connectivity index (χ3n) is 3.62. The van der Waals surface area contributed by atoms with E-state index in [-0.39, 0.29) is 11.8 Å². The van der Waals surface area contributed by atoms with Gasteiger partial charge in [-0.05, 0) is 23.8 Å². The van der Waals surface area contributed by atoms with Crippen LogP contribution in [0.2, 0.25) is 0 Å². The maximum Gasteiger partial charge on any atom is 0.257 e. The molecule has 26 heavy (non-hydrogen) atoms. The highest BCUT2D eigenvalue weighted by Gasteiger charge is 2.11. The van der Waals surface area contributed by atoms with Gasteiger partial charge in [0.2, 0.25) is 11.0 Å². The van der Waals surface area contributed by atoms with E-state index in [1.807, 2.05) is 30.3 Å². The Hall–Kier alpha value is -3.06. The molecule has 0 bridgehead atoms. The first-order chi connectivity index (χ1) is 12.6. The Morgan fingerprint density at radius 3 is 2.58 bits per heavy atom. The van der Waals surface area contributed by atoms with Crippen molar-refractivity contribution in [2.45, 2.75) is 19.8 Å². The summed E-state index contributed by atoms with van der Waals surface area (Å²) in [7, 11) is 0. The second-order valence-electron chi connectivity index (χ2n) is 5.60. The number of hydrogen-bond donors (Lipinski definition) is 2. The molecule has 2 amide bonds. The van der Waals surface area contributed by atoms with Gasteiger partial charge in [-0.15, -0.1) is 10.2 Å². The number of nitrogens with zero attached hydrogens (tertiary/aromatic N) is 2. The van der Waals surface area contributed by atoms with Crippen molar-refractivity contribution in [3.8, 4) is 0 Å². The maximum absolute atomic E-state index is 12.4. The fourth-order valence-electron chi connectivity index (χ4n) is 2.30. The van der Waals surface area contributed by atoms with E-state index in [1.165, 1.54) is 11.3 Å². The number of carbonyl (C=O) groups is 2. The molecule has 0 aliphatic heterocycles. The topological polar surface area (TPSA) is 84.0 Å². The van der Waals surface area contributed by atoms with Crippen LogP contribution in [-0.2, 0) is 11.2 Å². The largest absolute Gasteiger partial charge is 0.326 e. The fraction of sp³-hybridized carbons (Fsp3) is 0.158. The van der Waals surface area contributed by atoms with Crippen LogP contribution in [0.1, 0.15) is 34.3 Å². The number of carbonyl (C=O) groups excluding carboxylic acids is 2. The highest BCUT2D eigenvalue weighted by Crippen LogP contribution is 2.20. The van der Waals surface area contributed by atoms with Gasteiger partial charge in [-0.25, -0.2) is 0 Å². The normalized spacial score (nSPS) is 10.3. The molecule has 0 aliphatic carbocycles. The van der Waals surface area contributed by atoms with Gasteiger partial charge in [-0.1, -0.05) is 54.7 Å². The van der Waals surface area contributed by atoms with Crippen LogP contribution in [0.15, 0.2) is 54.6 Å². The van der Waals surface area contributed by atoms with Crippen LogP contribution < -0.4 is 10.6 Å². The molecular formula is C19H18N4O2S. The van der Waals surface area contributed by atoms with E-state index >= 15 is 0 Å². The van der Waals surface area contributed by atoms with Gasteiger partial charge in [-0.2, -0.15) is 0 Å². The number of anilines is 2. The lowest BCUT2D eigenvalue weighted by atomic mass is 10.2. The molecule has 3 aromatic rings. The van der Waals surface area contributed by atoms with Crippen molar-refractivity contribution in [1.29, 1.82) is 0 Å². The molecule has 0 unspecified atom stereocenters. The molecule has 0 radical (unpaired) electrons. The zero-order valence-corrected chi connectivity index (χ0v) is 15.0. The number of benzene rings is 2. The molecule has 6 nitrogen and oxygen atoms in total. The molecule has 0 atom stereocenters. The van der Waals surface area contributed by atoms with Gasteiger partial charge in [0.15, 0.2) is 0 Å². The van der Waals surface area contributed by atoms with Gasteiger partial charge in [-0.3, -0.25) is 14.9 Å². The van der Waals surface area contributed by atoms with E-state index in [2.05, 4.69) is 20.8 Å². The third kappa shape index (κ3) is 4.73. The zero-order chi connectivity index (χ0) is 18.4. The van der Waals surface area contributed by atoms with Crippen molar-refractivity contribution in [2.75, 3.05) is 10.6 Å². The summed E-state index contributed by atoms with van der Waals surface area (Å²) in [5, 5.41) is 14.9. The number of rotatable bonds is 6. The highest BCUT2D eigenvalue weighted by atomic mass is 32.1. The van der Waals surface area contributed by atoms with Crippen LogP contribution in [0.25, 0.3) is 0 Å². The van der Waals surface area contributed by atoms with Gasteiger partial charge in [0.05, 0.1) is 0 Å². The molecule has 7 heteroatoms. The van der Waals surface area contributed by atoms with Crippen LogP contribution in [-0.4, -0.2) is 22.0 Å². The summed E-state index contributed by atoms with van der Waals surface area (Å²) in [6, 6.07) is 16.7. The molecule has 1 heterocycles. The number of amides is 2. The quantitative estimate of drug-likeness (QED) is 0.696. The molecule has 0 saturated carbocycles. The standard InChI is InChI=1S/C19H18N4O2S/c1-2-16(24)20-15-10-6-9-14(12-15)18(25)21-19-23-22-17(26-19)11-13-7-4-3-5-8-13/h3-10,12H,2,11H2,1H3,(H,20,24)(H,21,23,25). The Kier molecular flexibility index (Phi) is 5.70. The minimum absolute atomic E-state index is 0.0998. The Bertz CT molecular complexity index is 909. The van der Waals surface area contributed by atoms with Gasteiger partial charge in [0.25, 0.3) is 5.91 Å². The molecule has 3 rings (SSSR count). The Morgan fingerprint density at radius 1 is 1.00 bits per heavy atom. The second-order valence-corrected chi connectivity index (χ2v) is 6.66. The monoisotopic (exact) mass is 366 g/mol. The van der Waals surface area contributed by atoms with Crippen molar-refractivity contribution in [1.82, 2.24) is 10.2 Å². The smallest absolute Gasteiger partial charge is 0.257 e. The predicted octanol–water partition coefficient (Wildman–Crippen LogP) is 3.73. The van der Waals surface area contributed by atoms with Crippen LogP contribution in [0.5, 0.6) is 0 Å². The molecule has 1 aromatic heterocycles. The van der Waals surface area contributed by atoms with E-state index < -0.39 is 0 Å². The number of aromatic nitrogens is 2. The summed E-state index contributed by atoms with van der Waals surface area (Å²) >= 11 is 1.35. The molecule has 2 aromatic carbocycles.